The summed E-state index contributed by atoms with van der Waals surface area (Å²) in [7, 11) is 0. The second kappa shape index (κ2) is 19.5. The van der Waals surface area contributed by atoms with Crippen LogP contribution in [0.3, 0.4) is 0 Å². The van der Waals surface area contributed by atoms with Gasteiger partial charge in [-0.1, -0.05) is 83.3 Å². The summed E-state index contributed by atoms with van der Waals surface area (Å²) in [5.74, 6) is 1.01. The quantitative estimate of drug-likeness (QED) is 0.173. The summed E-state index contributed by atoms with van der Waals surface area (Å²) >= 11 is 0. The molecule has 1 aliphatic rings. The molecule has 1 aliphatic heterocycles. The molecule has 0 saturated heterocycles. The minimum atomic E-state index is 0.359. The molecule has 0 aromatic heterocycles. The van der Waals surface area contributed by atoms with Gasteiger partial charge in [0, 0.05) is 13.0 Å². The van der Waals surface area contributed by atoms with Crippen LogP contribution in [-0.4, -0.2) is 30.3 Å². The lowest BCUT2D eigenvalue weighted by Gasteiger charge is -2.02. The summed E-state index contributed by atoms with van der Waals surface area (Å²) < 4.78 is 5.63. The normalized spacial score (nSPS) is 16.6. The van der Waals surface area contributed by atoms with Crippen molar-refractivity contribution in [3.63, 3.8) is 0 Å². The first-order valence-electron chi connectivity index (χ1n) is 12.3. The number of hydrogen-bond acceptors (Lipinski definition) is 3. The van der Waals surface area contributed by atoms with Crippen LogP contribution in [0, 0.1) is 0 Å². The number of hydrogen-bond donors (Lipinski definition) is 1. The lowest BCUT2D eigenvalue weighted by atomic mass is 10.1. The molecule has 0 aromatic rings. The van der Waals surface area contributed by atoms with Crippen molar-refractivity contribution in [2.24, 2.45) is 4.99 Å². The Balaban J connectivity index is 1.73. The standard InChI is InChI=1S/C25H47NO2/c1-2-24-23-28-25(26-24)21-19-17-15-13-11-9-7-5-3-4-6-8-10-12-14-16-18-20-22-27/h3,5,24,27H,2,4,6-23H2,1H3. The predicted octanol–water partition coefficient (Wildman–Crippen LogP) is 7.37. The highest BCUT2D eigenvalue weighted by Crippen LogP contribution is 2.14. The Kier molecular flexibility index (Phi) is 17.5. The zero-order valence-electron chi connectivity index (χ0n) is 18.7. The van der Waals surface area contributed by atoms with Gasteiger partial charge in [0.2, 0.25) is 0 Å². The Morgan fingerprint density at radius 3 is 1.79 bits per heavy atom. The van der Waals surface area contributed by atoms with Gasteiger partial charge in [-0.05, 0) is 44.9 Å². The van der Waals surface area contributed by atoms with Gasteiger partial charge < -0.3 is 9.84 Å². The zero-order valence-corrected chi connectivity index (χ0v) is 18.7. The molecule has 0 spiro atoms. The molecule has 0 saturated carbocycles. The van der Waals surface area contributed by atoms with Gasteiger partial charge in [-0.25, -0.2) is 4.99 Å². The lowest BCUT2D eigenvalue weighted by Crippen LogP contribution is -2.03. The minimum absolute atomic E-state index is 0.359. The van der Waals surface area contributed by atoms with Crippen molar-refractivity contribution < 1.29 is 9.84 Å². The van der Waals surface area contributed by atoms with E-state index in [2.05, 4.69) is 24.1 Å². The smallest absolute Gasteiger partial charge is 0.183 e. The maximum Gasteiger partial charge on any atom is 0.183 e. The van der Waals surface area contributed by atoms with Crippen LogP contribution in [0.1, 0.15) is 122 Å². The first kappa shape index (κ1) is 25.2. The highest BCUT2D eigenvalue weighted by Gasteiger charge is 2.15. The van der Waals surface area contributed by atoms with Gasteiger partial charge in [-0.3, -0.25) is 0 Å². The van der Waals surface area contributed by atoms with Gasteiger partial charge >= 0.3 is 0 Å². The maximum atomic E-state index is 8.73. The molecule has 3 nitrogen and oxygen atoms in total. The van der Waals surface area contributed by atoms with Crippen molar-refractivity contribution in [3.8, 4) is 0 Å². The van der Waals surface area contributed by atoms with E-state index in [1.54, 1.807) is 0 Å². The zero-order chi connectivity index (χ0) is 20.1. The van der Waals surface area contributed by atoms with Crippen LogP contribution in [-0.2, 0) is 4.74 Å². The molecule has 0 bridgehead atoms. The molecule has 0 radical (unpaired) electrons. The Morgan fingerprint density at radius 2 is 1.29 bits per heavy atom. The van der Waals surface area contributed by atoms with Crippen LogP contribution >= 0.6 is 0 Å². The van der Waals surface area contributed by atoms with Gasteiger partial charge in [-0.2, -0.15) is 0 Å². The summed E-state index contributed by atoms with van der Waals surface area (Å²) in [5, 5.41) is 8.73. The second-order valence-electron chi connectivity index (χ2n) is 8.37. The van der Waals surface area contributed by atoms with Crippen LogP contribution in [0.2, 0.25) is 0 Å². The number of ether oxygens (including phenoxy) is 1. The van der Waals surface area contributed by atoms with Crippen LogP contribution in [0.5, 0.6) is 0 Å². The number of aliphatic imine (C=N–C) groups is 1. The van der Waals surface area contributed by atoms with Crippen molar-refractivity contribution >= 4 is 5.90 Å². The van der Waals surface area contributed by atoms with Gasteiger partial charge in [0.25, 0.3) is 0 Å². The molecule has 1 atom stereocenters. The second-order valence-corrected chi connectivity index (χ2v) is 8.37. The fourth-order valence-electron chi connectivity index (χ4n) is 3.73. The van der Waals surface area contributed by atoms with Crippen LogP contribution in [0.25, 0.3) is 0 Å². The van der Waals surface area contributed by atoms with Gasteiger partial charge in [0.1, 0.15) is 6.61 Å². The monoisotopic (exact) mass is 393 g/mol. The van der Waals surface area contributed by atoms with Crippen LogP contribution in [0.15, 0.2) is 17.1 Å². The van der Waals surface area contributed by atoms with Crippen molar-refractivity contribution in [1.82, 2.24) is 0 Å². The Morgan fingerprint density at radius 1 is 0.786 bits per heavy atom. The molecule has 0 aromatic carbocycles. The summed E-state index contributed by atoms with van der Waals surface area (Å²) in [4.78, 5) is 4.60. The van der Waals surface area contributed by atoms with Gasteiger partial charge in [0.05, 0.1) is 6.04 Å². The Labute approximate surface area is 175 Å². The van der Waals surface area contributed by atoms with Crippen LogP contribution < -0.4 is 0 Å². The average molecular weight is 394 g/mol. The summed E-state index contributed by atoms with van der Waals surface area (Å²) in [5.41, 5.74) is 0. The molecule has 1 N–H and O–H groups in total. The minimum Gasteiger partial charge on any atom is -0.479 e. The van der Waals surface area contributed by atoms with E-state index in [0.717, 1.165) is 31.8 Å². The largest absolute Gasteiger partial charge is 0.479 e. The third-order valence-electron chi connectivity index (χ3n) is 5.70. The topological polar surface area (TPSA) is 41.8 Å². The molecule has 28 heavy (non-hydrogen) atoms. The highest BCUT2D eigenvalue weighted by atomic mass is 16.5. The molecule has 1 heterocycles. The van der Waals surface area contributed by atoms with Crippen molar-refractivity contribution in [3.05, 3.63) is 12.2 Å². The first-order chi connectivity index (χ1) is 13.9. The van der Waals surface area contributed by atoms with E-state index in [1.807, 2.05) is 0 Å². The number of aliphatic hydroxyl groups is 1. The number of aliphatic hydroxyl groups excluding tert-OH is 1. The number of rotatable bonds is 20. The third-order valence-corrected chi connectivity index (χ3v) is 5.70. The molecule has 0 amide bonds. The third kappa shape index (κ3) is 15.1. The predicted molar refractivity (Wildman–Crippen MR) is 122 cm³/mol. The van der Waals surface area contributed by atoms with Gasteiger partial charge in [-0.15, -0.1) is 0 Å². The fraction of sp³-hybridized carbons (Fsp3) is 0.880. The average Bonchev–Trinajstić information content (AvgIpc) is 3.18. The van der Waals surface area contributed by atoms with Gasteiger partial charge in [0.15, 0.2) is 5.90 Å². The molecule has 0 fully saturated rings. The van der Waals surface area contributed by atoms with E-state index in [0.29, 0.717) is 12.6 Å². The fourth-order valence-corrected chi connectivity index (χ4v) is 3.73. The molecular weight excluding hydrogens is 346 g/mol. The summed E-state index contributed by atoms with van der Waals surface area (Å²) in [6.07, 6.45) is 27.7. The lowest BCUT2D eigenvalue weighted by molar-refractivity contribution is 0.282. The molecular formula is C25H47NO2. The molecule has 1 rings (SSSR count). The number of allylic oxidation sites excluding steroid dienone is 2. The van der Waals surface area contributed by atoms with Crippen LogP contribution in [0.4, 0.5) is 0 Å². The van der Waals surface area contributed by atoms with E-state index in [-0.39, 0.29) is 0 Å². The number of unbranched alkanes of at least 4 members (excludes halogenated alkanes) is 14. The number of nitrogens with zero attached hydrogens (tertiary/aromatic N) is 1. The highest BCUT2D eigenvalue weighted by molar-refractivity contribution is 5.77. The SMILES string of the molecule is CCC1COC(CCCCCCCCC=CCCCCCCCCCCO)=N1. The van der Waals surface area contributed by atoms with E-state index in [1.165, 1.54) is 96.3 Å². The first-order valence-corrected chi connectivity index (χ1v) is 12.3. The van der Waals surface area contributed by atoms with E-state index < -0.39 is 0 Å². The summed E-state index contributed by atoms with van der Waals surface area (Å²) in [6, 6.07) is 0.427. The maximum absolute atomic E-state index is 8.73. The molecule has 1 unspecified atom stereocenters. The summed E-state index contributed by atoms with van der Waals surface area (Å²) in [6.45, 7) is 3.35. The Bertz CT molecular complexity index is 392. The van der Waals surface area contributed by atoms with Crippen molar-refractivity contribution in [2.45, 2.75) is 129 Å². The van der Waals surface area contributed by atoms with E-state index >= 15 is 0 Å². The van der Waals surface area contributed by atoms with Crippen molar-refractivity contribution in [1.29, 1.82) is 0 Å². The Hall–Kier alpha value is -0.830. The van der Waals surface area contributed by atoms with E-state index in [4.69, 9.17) is 9.84 Å². The molecule has 3 heteroatoms. The molecule has 0 aliphatic carbocycles. The van der Waals surface area contributed by atoms with Crippen molar-refractivity contribution in [2.75, 3.05) is 13.2 Å². The molecule has 164 valence electrons. The van der Waals surface area contributed by atoms with E-state index in [9.17, 15) is 0 Å².